The van der Waals surface area contributed by atoms with Gasteiger partial charge in [0.05, 0.1) is 5.69 Å². The van der Waals surface area contributed by atoms with Crippen LogP contribution in [0.15, 0.2) is 18.2 Å². The van der Waals surface area contributed by atoms with Crippen molar-refractivity contribution in [2.45, 2.75) is 20.8 Å². The average Bonchev–Trinajstić information content (AvgIpc) is 2.01. The lowest BCUT2D eigenvalue weighted by Crippen LogP contribution is -2.35. The molecule has 0 spiro atoms. The smallest absolute Gasteiger partial charge is 0.238 e. The van der Waals surface area contributed by atoms with E-state index in [0.717, 1.165) is 21.8 Å². The highest BCUT2D eigenvalue weighted by Crippen LogP contribution is 2.16. The molecule has 0 aliphatic rings. The number of amides is 1. The van der Waals surface area contributed by atoms with Gasteiger partial charge in [-0.2, -0.15) is 0 Å². The van der Waals surface area contributed by atoms with Crippen LogP contribution in [-0.2, 0) is 4.79 Å². The van der Waals surface area contributed by atoms with Gasteiger partial charge < -0.3 is 0 Å². The maximum absolute atomic E-state index is 11.0. The van der Waals surface area contributed by atoms with Gasteiger partial charge in [0.15, 0.2) is 0 Å². The summed E-state index contributed by atoms with van der Waals surface area (Å²) in [6.45, 7) is 5.40. The number of hydrazine groups is 1. The normalized spacial score (nSPS) is 9.85. The molecule has 0 atom stereocenters. The van der Waals surface area contributed by atoms with Crippen LogP contribution in [0, 0.1) is 13.8 Å². The maximum atomic E-state index is 11.0. The predicted molar refractivity (Wildman–Crippen MR) is 53.3 cm³/mol. The zero-order chi connectivity index (χ0) is 10.0. The highest BCUT2D eigenvalue weighted by molar-refractivity contribution is 5.90. The van der Waals surface area contributed by atoms with Crippen LogP contribution < -0.4 is 10.9 Å². The highest BCUT2D eigenvalue weighted by Gasteiger charge is 2.06. The first-order valence-electron chi connectivity index (χ1n) is 4.14. The number of aryl methyl sites for hydroxylation is 2. The molecule has 0 saturated heterocycles. The van der Waals surface area contributed by atoms with Crippen molar-refractivity contribution in [2.24, 2.45) is 5.84 Å². The van der Waals surface area contributed by atoms with Crippen molar-refractivity contribution >= 4 is 11.6 Å². The van der Waals surface area contributed by atoms with E-state index in [1.165, 1.54) is 6.92 Å². The predicted octanol–water partition coefficient (Wildman–Crippen LogP) is 1.53. The molecule has 3 nitrogen and oxygen atoms in total. The van der Waals surface area contributed by atoms with E-state index in [1.807, 2.05) is 32.0 Å². The molecule has 0 aromatic heterocycles. The Kier molecular flexibility index (Phi) is 2.68. The van der Waals surface area contributed by atoms with E-state index in [1.54, 1.807) is 0 Å². The Labute approximate surface area is 78.1 Å². The molecule has 0 bridgehead atoms. The van der Waals surface area contributed by atoms with E-state index in [4.69, 9.17) is 5.84 Å². The molecule has 1 aromatic carbocycles. The molecule has 0 saturated carbocycles. The van der Waals surface area contributed by atoms with Crippen molar-refractivity contribution in [1.82, 2.24) is 0 Å². The number of hydrogen-bond acceptors (Lipinski definition) is 2. The Morgan fingerprint density at radius 2 is 1.69 bits per heavy atom. The first-order valence-corrected chi connectivity index (χ1v) is 4.14. The molecule has 3 heteroatoms. The van der Waals surface area contributed by atoms with Gasteiger partial charge in [-0.15, -0.1) is 0 Å². The summed E-state index contributed by atoms with van der Waals surface area (Å²) in [4.78, 5) is 11.0. The molecule has 0 fully saturated rings. The lowest BCUT2D eigenvalue weighted by molar-refractivity contribution is -0.116. The lowest BCUT2D eigenvalue weighted by atomic mass is 10.1. The van der Waals surface area contributed by atoms with Gasteiger partial charge in [-0.1, -0.05) is 6.07 Å². The summed E-state index contributed by atoms with van der Waals surface area (Å²) in [6.07, 6.45) is 0. The van der Waals surface area contributed by atoms with E-state index in [9.17, 15) is 4.79 Å². The summed E-state index contributed by atoms with van der Waals surface area (Å²) in [5, 5.41) is 1.15. The van der Waals surface area contributed by atoms with Crippen molar-refractivity contribution < 1.29 is 4.79 Å². The summed E-state index contributed by atoms with van der Waals surface area (Å²) in [7, 11) is 0. The molecule has 1 aromatic rings. The monoisotopic (exact) mass is 178 g/mol. The fraction of sp³-hybridized carbons (Fsp3) is 0.300. The minimum atomic E-state index is -0.162. The van der Waals surface area contributed by atoms with Crippen LogP contribution in [0.2, 0.25) is 0 Å². The van der Waals surface area contributed by atoms with Gasteiger partial charge >= 0.3 is 0 Å². The number of rotatable bonds is 1. The van der Waals surface area contributed by atoms with Gasteiger partial charge in [-0.3, -0.25) is 4.79 Å². The largest absolute Gasteiger partial charge is 0.273 e. The maximum Gasteiger partial charge on any atom is 0.238 e. The number of hydrogen-bond donors (Lipinski definition) is 1. The number of nitrogens with two attached hydrogens (primary N) is 1. The van der Waals surface area contributed by atoms with Crippen LogP contribution in [0.3, 0.4) is 0 Å². The van der Waals surface area contributed by atoms with Crippen molar-refractivity contribution in [3.05, 3.63) is 29.3 Å². The second-order valence-electron chi connectivity index (χ2n) is 3.23. The topological polar surface area (TPSA) is 46.3 Å². The standard InChI is InChI=1S/C10H14N2O/c1-7-4-8(2)6-10(5-7)12(11)9(3)13/h4-6H,11H2,1-3H3. The zero-order valence-corrected chi connectivity index (χ0v) is 8.16. The third-order valence-electron chi connectivity index (χ3n) is 1.82. The summed E-state index contributed by atoms with van der Waals surface area (Å²) in [5.41, 5.74) is 2.95. The number of benzene rings is 1. The first kappa shape index (κ1) is 9.74. The number of nitrogens with zero attached hydrogens (tertiary/aromatic N) is 1. The van der Waals surface area contributed by atoms with E-state index < -0.39 is 0 Å². The van der Waals surface area contributed by atoms with Crippen LogP contribution >= 0.6 is 0 Å². The highest BCUT2D eigenvalue weighted by atomic mass is 16.2. The lowest BCUT2D eigenvalue weighted by Gasteiger charge is -2.15. The van der Waals surface area contributed by atoms with Crippen LogP contribution in [0.5, 0.6) is 0 Å². The molecule has 1 amide bonds. The van der Waals surface area contributed by atoms with E-state index in [0.29, 0.717) is 0 Å². The van der Waals surface area contributed by atoms with Crippen molar-refractivity contribution in [2.75, 3.05) is 5.01 Å². The molecule has 0 heterocycles. The van der Waals surface area contributed by atoms with Crippen LogP contribution in [-0.4, -0.2) is 5.91 Å². The van der Waals surface area contributed by atoms with Gasteiger partial charge in [0.25, 0.3) is 0 Å². The molecule has 0 aliphatic carbocycles. The quantitative estimate of drug-likeness (QED) is 0.402. The summed E-state index contributed by atoms with van der Waals surface area (Å²) in [5.74, 6) is 5.40. The van der Waals surface area contributed by atoms with Crippen molar-refractivity contribution in [1.29, 1.82) is 0 Å². The van der Waals surface area contributed by atoms with Gasteiger partial charge in [0, 0.05) is 6.92 Å². The summed E-state index contributed by atoms with van der Waals surface area (Å²) < 4.78 is 0. The summed E-state index contributed by atoms with van der Waals surface area (Å²) in [6, 6.07) is 5.81. The van der Waals surface area contributed by atoms with E-state index in [2.05, 4.69) is 0 Å². The Bertz CT molecular complexity index is 313. The fourth-order valence-electron chi connectivity index (χ4n) is 1.27. The van der Waals surface area contributed by atoms with Crippen LogP contribution in [0.1, 0.15) is 18.1 Å². The van der Waals surface area contributed by atoms with Crippen LogP contribution in [0.4, 0.5) is 5.69 Å². The van der Waals surface area contributed by atoms with E-state index in [-0.39, 0.29) is 5.91 Å². The van der Waals surface area contributed by atoms with Gasteiger partial charge in [0.2, 0.25) is 5.91 Å². The van der Waals surface area contributed by atoms with Gasteiger partial charge in [-0.25, -0.2) is 10.9 Å². The van der Waals surface area contributed by atoms with Crippen LogP contribution in [0.25, 0.3) is 0 Å². The SMILES string of the molecule is CC(=O)N(N)c1cc(C)cc(C)c1. The van der Waals surface area contributed by atoms with Gasteiger partial charge in [0.1, 0.15) is 0 Å². The molecule has 2 N–H and O–H groups in total. The van der Waals surface area contributed by atoms with Crippen molar-refractivity contribution in [3.63, 3.8) is 0 Å². The molecular formula is C10H14N2O. The average molecular weight is 178 g/mol. The van der Waals surface area contributed by atoms with E-state index >= 15 is 0 Å². The Morgan fingerprint density at radius 1 is 1.23 bits per heavy atom. The molecule has 0 unspecified atom stereocenters. The second kappa shape index (κ2) is 3.58. The molecule has 1 rings (SSSR count). The third kappa shape index (κ3) is 2.29. The molecule has 0 radical (unpaired) electrons. The minimum Gasteiger partial charge on any atom is -0.273 e. The number of carbonyl (C=O) groups is 1. The second-order valence-corrected chi connectivity index (χ2v) is 3.23. The fourth-order valence-corrected chi connectivity index (χ4v) is 1.27. The molecule has 70 valence electrons. The Hall–Kier alpha value is -1.35. The Morgan fingerprint density at radius 3 is 2.08 bits per heavy atom. The Balaban J connectivity index is 3.07. The zero-order valence-electron chi connectivity index (χ0n) is 8.16. The molecule has 0 aliphatic heterocycles. The minimum absolute atomic E-state index is 0.162. The van der Waals surface area contributed by atoms with Crippen molar-refractivity contribution in [3.8, 4) is 0 Å². The third-order valence-corrected chi connectivity index (χ3v) is 1.82. The summed E-state index contributed by atoms with van der Waals surface area (Å²) >= 11 is 0. The number of carbonyl (C=O) groups excluding carboxylic acids is 1. The van der Waals surface area contributed by atoms with Gasteiger partial charge in [-0.05, 0) is 37.1 Å². The number of anilines is 1. The molecule has 13 heavy (non-hydrogen) atoms. The first-order chi connectivity index (χ1) is 6.00. The molecular weight excluding hydrogens is 164 g/mol.